The molecule has 0 bridgehead atoms. The van der Waals surface area contributed by atoms with Crippen molar-refractivity contribution in [2.24, 2.45) is 0 Å². The molecule has 1 aliphatic rings. The van der Waals surface area contributed by atoms with Crippen molar-refractivity contribution in [1.29, 1.82) is 0 Å². The number of piperazine rings is 1. The average Bonchev–Trinajstić information content (AvgIpc) is 2.56. The number of nitrogens with zero attached hydrogens (tertiary/aromatic N) is 3. The van der Waals surface area contributed by atoms with E-state index in [9.17, 15) is 10.1 Å². The molecule has 1 heterocycles. The molecule has 3 rings (SSSR count). The van der Waals surface area contributed by atoms with Gasteiger partial charge in [0.2, 0.25) is 0 Å². The molecule has 1 saturated heterocycles. The minimum absolute atomic E-state index is 0.167. The van der Waals surface area contributed by atoms with Gasteiger partial charge < -0.3 is 4.90 Å². The van der Waals surface area contributed by atoms with Gasteiger partial charge in [-0.2, -0.15) is 0 Å². The van der Waals surface area contributed by atoms with Crippen LogP contribution in [0.5, 0.6) is 0 Å². The fourth-order valence-corrected chi connectivity index (χ4v) is 2.83. The van der Waals surface area contributed by atoms with E-state index >= 15 is 0 Å². The summed E-state index contributed by atoms with van der Waals surface area (Å²) in [6.07, 6.45) is 0. The number of rotatable bonds is 4. The quantitative estimate of drug-likeness (QED) is 0.643. The lowest BCUT2D eigenvalue weighted by Gasteiger charge is -2.36. The van der Waals surface area contributed by atoms with Gasteiger partial charge in [-0.25, -0.2) is 0 Å². The summed E-state index contributed by atoms with van der Waals surface area (Å²) in [6, 6.07) is 17.3. The summed E-state index contributed by atoms with van der Waals surface area (Å²) in [7, 11) is 0. The summed E-state index contributed by atoms with van der Waals surface area (Å²) in [5.74, 6) is 0. The number of nitro benzene ring substituents is 1. The largest absolute Gasteiger partial charge is 0.369 e. The van der Waals surface area contributed by atoms with Gasteiger partial charge in [0.1, 0.15) is 0 Å². The molecule has 0 aliphatic carbocycles. The van der Waals surface area contributed by atoms with Crippen LogP contribution in [-0.2, 0) is 6.54 Å². The number of anilines is 1. The zero-order valence-corrected chi connectivity index (χ0v) is 12.4. The predicted molar refractivity (Wildman–Crippen MR) is 87.0 cm³/mol. The lowest BCUT2D eigenvalue weighted by molar-refractivity contribution is -0.384. The molecule has 0 aromatic heterocycles. The lowest BCUT2D eigenvalue weighted by atomic mass is 10.1. The second-order valence-electron chi connectivity index (χ2n) is 5.53. The van der Waals surface area contributed by atoms with Gasteiger partial charge in [0.05, 0.1) is 4.92 Å². The van der Waals surface area contributed by atoms with Crippen LogP contribution in [0.15, 0.2) is 54.6 Å². The van der Waals surface area contributed by atoms with E-state index in [0.717, 1.165) is 38.3 Å². The van der Waals surface area contributed by atoms with E-state index in [1.54, 1.807) is 12.1 Å². The van der Waals surface area contributed by atoms with Crippen molar-refractivity contribution in [3.8, 4) is 0 Å². The van der Waals surface area contributed by atoms with E-state index in [4.69, 9.17) is 0 Å². The zero-order valence-electron chi connectivity index (χ0n) is 12.4. The molecule has 2 aromatic carbocycles. The first-order valence-electron chi connectivity index (χ1n) is 7.48. The summed E-state index contributed by atoms with van der Waals surface area (Å²) >= 11 is 0. The summed E-state index contributed by atoms with van der Waals surface area (Å²) in [5, 5.41) is 10.8. The second kappa shape index (κ2) is 6.58. The van der Waals surface area contributed by atoms with Gasteiger partial charge in [-0.15, -0.1) is 0 Å². The molecule has 0 radical (unpaired) electrons. The van der Waals surface area contributed by atoms with Crippen LogP contribution >= 0.6 is 0 Å². The van der Waals surface area contributed by atoms with Crippen LogP contribution in [0, 0.1) is 10.1 Å². The maximum Gasteiger partial charge on any atom is 0.269 e. The van der Waals surface area contributed by atoms with Gasteiger partial charge >= 0.3 is 0 Å². The summed E-state index contributed by atoms with van der Waals surface area (Å²) in [5.41, 5.74) is 2.43. The highest BCUT2D eigenvalue weighted by atomic mass is 16.6. The molecule has 5 heteroatoms. The highest BCUT2D eigenvalue weighted by Crippen LogP contribution is 2.18. The maximum atomic E-state index is 10.8. The Balaban J connectivity index is 1.58. The Hall–Kier alpha value is -2.40. The second-order valence-corrected chi connectivity index (χ2v) is 5.53. The minimum atomic E-state index is -0.336. The van der Waals surface area contributed by atoms with E-state index in [0.29, 0.717) is 0 Å². The Labute approximate surface area is 129 Å². The maximum absolute atomic E-state index is 10.8. The first-order valence-corrected chi connectivity index (χ1v) is 7.48. The SMILES string of the molecule is O=[N+]([O-])c1cccc(CN2CCN(c3ccccc3)CC2)c1. The first kappa shape index (κ1) is 14.5. The Morgan fingerprint density at radius 1 is 0.955 bits per heavy atom. The smallest absolute Gasteiger partial charge is 0.269 e. The third-order valence-electron chi connectivity index (χ3n) is 4.02. The number of non-ortho nitro benzene ring substituents is 1. The minimum Gasteiger partial charge on any atom is -0.369 e. The highest BCUT2D eigenvalue weighted by molar-refractivity contribution is 5.46. The molecule has 2 aromatic rings. The molecule has 1 fully saturated rings. The van der Waals surface area contributed by atoms with E-state index in [-0.39, 0.29) is 10.6 Å². The summed E-state index contributed by atoms with van der Waals surface area (Å²) in [4.78, 5) is 15.2. The van der Waals surface area contributed by atoms with Crippen molar-refractivity contribution in [1.82, 2.24) is 4.90 Å². The topological polar surface area (TPSA) is 49.6 Å². The fourth-order valence-electron chi connectivity index (χ4n) is 2.83. The van der Waals surface area contributed by atoms with Crippen molar-refractivity contribution in [3.05, 3.63) is 70.3 Å². The monoisotopic (exact) mass is 297 g/mol. The highest BCUT2D eigenvalue weighted by Gasteiger charge is 2.17. The van der Waals surface area contributed by atoms with Crippen LogP contribution < -0.4 is 4.90 Å². The third-order valence-corrected chi connectivity index (χ3v) is 4.02. The number of para-hydroxylation sites is 1. The van der Waals surface area contributed by atoms with E-state index < -0.39 is 0 Å². The average molecular weight is 297 g/mol. The predicted octanol–water partition coefficient (Wildman–Crippen LogP) is 2.92. The standard InChI is InChI=1S/C17H19N3O2/c21-20(22)17-8-4-5-15(13-17)14-18-9-11-19(12-10-18)16-6-2-1-3-7-16/h1-8,13H,9-12,14H2. The van der Waals surface area contributed by atoms with E-state index in [2.05, 4.69) is 34.1 Å². The van der Waals surface area contributed by atoms with Crippen LogP contribution in [0.25, 0.3) is 0 Å². The van der Waals surface area contributed by atoms with Gasteiger partial charge in [-0.1, -0.05) is 30.3 Å². The molecule has 114 valence electrons. The van der Waals surface area contributed by atoms with Crippen LogP contribution in [0.3, 0.4) is 0 Å². The fraction of sp³-hybridized carbons (Fsp3) is 0.294. The molecule has 0 N–H and O–H groups in total. The Bertz CT molecular complexity index is 637. The van der Waals surface area contributed by atoms with Crippen LogP contribution in [-0.4, -0.2) is 36.0 Å². The van der Waals surface area contributed by atoms with Gasteiger partial charge in [0, 0.05) is 50.5 Å². The molecular weight excluding hydrogens is 278 g/mol. The Kier molecular flexibility index (Phi) is 4.34. The van der Waals surface area contributed by atoms with E-state index in [1.165, 1.54) is 11.8 Å². The van der Waals surface area contributed by atoms with Crippen molar-refractivity contribution < 1.29 is 4.92 Å². The van der Waals surface area contributed by atoms with Crippen molar-refractivity contribution in [2.75, 3.05) is 31.1 Å². The van der Waals surface area contributed by atoms with Crippen molar-refractivity contribution >= 4 is 11.4 Å². The van der Waals surface area contributed by atoms with E-state index in [1.807, 2.05) is 12.1 Å². The van der Waals surface area contributed by atoms with Crippen molar-refractivity contribution in [2.45, 2.75) is 6.54 Å². The Morgan fingerprint density at radius 2 is 1.68 bits per heavy atom. The number of hydrogen-bond acceptors (Lipinski definition) is 4. The zero-order chi connectivity index (χ0) is 15.4. The lowest BCUT2D eigenvalue weighted by Crippen LogP contribution is -2.45. The van der Waals surface area contributed by atoms with Crippen molar-refractivity contribution in [3.63, 3.8) is 0 Å². The third kappa shape index (κ3) is 3.43. The number of benzene rings is 2. The van der Waals surface area contributed by atoms with Gasteiger partial charge in [0.15, 0.2) is 0 Å². The van der Waals surface area contributed by atoms with Gasteiger partial charge in [0.25, 0.3) is 5.69 Å². The first-order chi connectivity index (χ1) is 10.7. The Morgan fingerprint density at radius 3 is 2.36 bits per heavy atom. The number of hydrogen-bond donors (Lipinski definition) is 0. The van der Waals surface area contributed by atoms with Crippen LogP contribution in [0.1, 0.15) is 5.56 Å². The van der Waals surface area contributed by atoms with Crippen LogP contribution in [0.2, 0.25) is 0 Å². The molecule has 0 spiro atoms. The summed E-state index contributed by atoms with van der Waals surface area (Å²) in [6.45, 7) is 4.68. The summed E-state index contributed by atoms with van der Waals surface area (Å²) < 4.78 is 0. The molecule has 0 saturated carbocycles. The molecule has 5 nitrogen and oxygen atoms in total. The van der Waals surface area contributed by atoms with Gasteiger partial charge in [-0.3, -0.25) is 15.0 Å². The normalized spacial score (nSPS) is 15.7. The molecule has 22 heavy (non-hydrogen) atoms. The van der Waals surface area contributed by atoms with Crippen LogP contribution in [0.4, 0.5) is 11.4 Å². The molecule has 0 amide bonds. The molecule has 0 atom stereocenters. The van der Waals surface area contributed by atoms with Gasteiger partial charge in [-0.05, 0) is 17.7 Å². The number of nitro groups is 1. The molecule has 0 unspecified atom stereocenters. The molecule has 1 aliphatic heterocycles. The molecular formula is C17H19N3O2.